The van der Waals surface area contributed by atoms with E-state index in [1.807, 2.05) is 61.5 Å². The van der Waals surface area contributed by atoms with Crippen LogP contribution in [0, 0.1) is 24.8 Å². The van der Waals surface area contributed by atoms with E-state index < -0.39 is 11.7 Å². The smallest absolute Gasteiger partial charge is 0.238 e. The van der Waals surface area contributed by atoms with E-state index >= 15 is 0 Å². The van der Waals surface area contributed by atoms with Crippen molar-refractivity contribution in [2.45, 2.75) is 13.1 Å². The van der Waals surface area contributed by atoms with E-state index in [0.29, 0.717) is 11.1 Å². The summed E-state index contributed by atoms with van der Waals surface area (Å²) in [5.74, 6) is 0. The molecule has 2 nitrogen and oxygen atoms in total. The van der Waals surface area contributed by atoms with Gasteiger partial charge in [-0.1, -0.05) is 78.4 Å². The van der Waals surface area contributed by atoms with Crippen molar-refractivity contribution in [1.29, 1.82) is 5.26 Å². The Morgan fingerprint density at radius 3 is 1.65 bits per heavy atom. The van der Waals surface area contributed by atoms with Crippen LogP contribution in [0.5, 0.6) is 0 Å². The van der Waals surface area contributed by atoms with Gasteiger partial charge in [0.05, 0.1) is 23.8 Å². The average molecular weight is 565 g/mol. The molecule has 0 aliphatic carbocycles. The number of allylic oxidation sites excluding steroid dienone is 1. The van der Waals surface area contributed by atoms with Gasteiger partial charge in [0.1, 0.15) is 0 Å². The second-order valence-corrected chi connectivity index (χ2v) is 10.5. The molecule has 0 heterocycles. The van der Waals surface area contributed by atoms with Gasteiger partial charge in [0, 0.05) is 0 Å². The molecule has 0 bridgehead atoms. The Morgan fingerprint density at radius 2 is 1.14 bits per heavy atom. The number of halogens is 3. The van der Waals surface area contributed by atoms with Gasteiger partial charge in [-0.25, -0.2) is 4.85 Å². The molecule has 206 valence electrons. The normalized spacial score (nSPS) is 12.4. The Kier molecular flexibility index (Phi) is 7.02. The van der Waals surface area contributed by atoms with Crippen LogP contribution in [0.4, 0.5) is 13.2 Å². The van der Waals surface area contributed by atoms with Crippen LogP contribution >= 0.6 is 0 Å². The van der Waals surface area contributed by atoms with Crippen LogP contribution in [0.15, 0.2) is 109 Å². The fraction of sp³-hybridized carbons (Fsp3) is 0.0526. The van der Waals surface area contributed by atoms with Crippen molar-refractivity contribution >= 4 is 55.7 Å². The molecule has 0 unspecified atom stereocenters. The highest BCUT2D eigenvalue weighted by atomic mass is 19.4. The number of aryl methyl sites for hydroxylation is 1. The number of alkyl halides is 3. The number of nitrogens with zero attached hydrogens (tertiary/aromatic N) is 2. The molecule has 0 N–H and O–H groups in total. The van der Waals surface area contributed by atoms with Crippen LogP contribution in [0.2, 0.25) is 0 Å². The predicted molar refractivity (Wildman–Crippen MR) is 170 cm³/mol. The maximum Gasteiger partial charge on any atom is 0.416 e. The molecule has 0 fully saturated rings. The number of nitriles is 1. The van der Waals surface area contributed by atoms with Gasteiger partial charge < -0.3 is 0 Å². The summed E-state index contributed by atoms with van der Waals surface area (Å²) in [6, 6.07) is 35.4. The lowest BCUT2D eigenvalue weighted by molar-refractivity contribution is -0.137. The Morgan fingerprint density at radius 1 is 0.651 bits per heavy atom. The first-order valence-electron chi connectivity index (χ1n) is 13.6. The first-order valence-corrected chi connectivity index (χ1v) is 13.6. The van der Waals surface area contributed by atoms with Crippen LogP contribution < -0.4 is 0 Å². The van der Waals surface area contributed by atoms with Gasteiger partial charge in [0.2, 0.25) is 0 Å². The molecule has 0 aromatic heterocycles. The van der Waals surface area contributed by atoms with Gasteiger partial charge in [-0.3, -0.25) is 0 Å². The van der Waals surface area contributed by atoms with Crippen molar-refractivity contribution in [3.8, 4) is 6.07 Å². The van der Waals surface area contributed by atoms with Crippen molar-refractivity contribution in [1.82, 2.24) is 0 Å². The van der Waals surface area contributed by atoms with E-state index in [4.69, 9.17) is 6.57 Å². The number of hydrogen-bond donors (Lipinski definition) is 0. The average Bonchev–Trinajstić information content (AvgIpc) is 3.00. The molecular weight excluding hydrogens is 541 g/mol. The molecule has 0 saturated heterocycles. The number of benzene rings is 6. The quantitative estimate of drug-likeness (QED) is 0.0906. The molecule has 6 aromatic carbocycles. The van der Waals surface area contributed by atoms with Crippen LogP contribution in [-0.2, 0) is 6.18 Å². The molecule has 43 heavy (non-hydrogen) atoms. The number of fused-ring (bicyclic) bond motifs is 3. The highest BCUT2D eigenvalue weighted by Crippen LogP contribution is 2.32. The van der Waals surface area contributed by atoms with Gasteiger partial charge >= 0.3 is 6.18 Å². The molecule has 0 atom stereocenters. The summed E-state index contributed by atoms with van der Waals surface area (Å²) in [5.41, 5.74) is 4.33. The summed E-state index contributed by atoms with van der Waals surface area (Å²) < 4.78 is 38.9. The summed E-state index contributed by atoms with van der Waals surface area (Å²) in [7, 11) is 0. The molecule has 0 spiro atoms. The van der Waals surface area contributed by atoms with Gasteiger partial charge in [-0.15, -0.1) is 0 Å². The third-order valence-electron chi connectivity index (χ3n) is 7.52. The molecule has 0 saturated carbocycles. The first-order chi connectivity index (χ1) is 20.7. The number of rotatable bonds is 4. The fourth-order valence-corrected chi connectivity index (χ4v) is 5.21. The molecule has 5 heteroatoms. The second-order valence-electron chi connectivity index (χ2n) is 10.5. The summed E-state index contributed by atoms with van der Waals surface area (Å²) in [4.78, 5) is 3.57. The minimum atomic E-state index is -4.42. The van der Waals surface area contributed by atoms with Gasteiger partial charge in [-0.2, -0.15) is 18.4 Å². The standard InChI is InChI=1S/C38H23F3N2/c1-24-3-7-27(8-4-24)35(23-42)17-25-5-9-29-19-34-22-32-16-26(6-10-30(32)20-33(34)21-31(29)15-25)18-37(43-2)28-11-13-36(14-12-28)38(39,40)41/h3-22H,1H3/b35-17+,37-18-. The van der Waals surface area contributed by atoms with Gasteiger partial charge in [0.25, 0.3) is 0 Å². The Hall–Kier alpha value is -5.65. The van der Waals surface area contributed by atoms with E-state index in [1.165, 1.54) is 12.1 Å². The van der Waals surface area contributed by atoms with E-state index in [9.17, 15) is 18.4 Å². The minimum Gasteiger partial charge on any atom is -0.238 e. The minimum absolute atomic E-state index is 0.270. The predicted octanol–water partition coefficient (Wildman–Crippen LogP) is 11.0. The molecule has 6 aromatic rings. The monoisotopic (exact) mass is 564 g/mol. The highest BCUT2D eigenvalue weighted by molar-refractivity contribution is 6.06. The van der Waals surface area contributed by atoms with Crippen LogP contribution in [0.1, 0.15) is 33.4 Å². The summed E-state index contributed by atoms with van der Waals surface area (Å²) in [5, 5.41) is 16.1. The maximum absolute atomic E-state index is 13.0. The van der Waals surface area contributed by atoms with Crippen molar-refractivity contribution in [2.24, 2.45) is 0 Å². The van der Waals surface area contributed by atoms with Crippen molar-refractivity contribution < 1.29 is 13.2 Å². The lowest BCUT2D eigenvalue weighted by atomic mass is 9.96. The number of hydrogen-bond acceptors (Lipinski definition) is 1. The van der Waals surface area contributed by atoms with Crippen LogP contribution in [0.25, 0.3) is 60.6 Å². The van der Waals surface area contributed by atoms with Crippen molar-refractivity contribution in [3.05, 3.63) is 154 Å². The zero-order valence-electron chi connectivity index (χ0n) is 23.1. The van der Waals surface area contributed by atoms with Crippen molar-refractivity contribution in [3.63, 3.8) is 0 Å². The van der Waals surface area contributed by atoms with E-state index in [2.05, 4.69) is 47.3 Å². The lowest BCUT2D eigenvalue weighted by Crippen LogP contribution is -2.04. The first kappa shape index (κ1) is 27.5. The van der Waals surface area contributed by atoms with E-state index in [0.717, 1.165) is 66.7 Å². The lowest BCUT2D eigenvalue weighted by Gasteiger charge is -2.08. The molecule has 0 aliphatic heterocycles. The summed E-state index contributed by atoms with van der Waals surface area (Å²) in [6.07, 6.45) is -0.818. The van der Waals surface area contributed by atoms with Crippen LogP contribution in [-0.4, -0.2) is 0 Å². The third kappa shape index (κ3) is 5.75. The Labute approximate surface area is 247 Å². The topological polar surface area (TPSA) is 28.1 Å². The van der Waals surface area contributed by atoms with Crippen molar-refractivity contribution in [2.75, 3.05) is 0 Å². The third-order valence-corrected chi connectivity index (χ3v) is 7.52. The second kappa shape index (κ2) is 11.0. The Balaban J connectivity index is 1.34. The zero-order valence-corrected chi connectivity index (χ0v) is 23.1. The molecule has 0 radical (unpaired) electrons. The maximum atomic E-state index is 13.0. The van der Waals surface area contributed by atoms with Gasteiger partial charge in [-0.05, 0) is 110 Å². The van der Waals surface area contributed by atoms with E-state index in [-0.39, 0.29) is 5.70 Å². The summed E-state index contributed by atoms with van der Waals surface area (Å²) in [6.45, 7) is 9.62. The van der Waals surface area contributed by atoms with Gasteiger partial charge in [0.15, 0.2) is 5.70 Å². The molecule has 6 rings (SSSR count). The van der Waals surface area contributed by atoms with E-state index in [1.54, 1.807) is 6.08 Å². The largest absolute Gasteiger partial charge is 0.416 e. The molecular formula is C38H23F3N2. The molecule has 0 amide bonds. The Bertz CT molecular complexity index is 2170. The SMILES string of the molecule is [C-]#[N+]/C(=C\c1ccc2cc3cc4cc(/C=C(\C#N)c5ccc(C)cc5)ccc4cc3cc2c1)c1ccc(C(F)(F)F)cc1. The highest BCUT2D eigenvalue weighted by Gasteiger charge is 2.30. The molecule has 0 aliphatic rings. The van der Waals surface area contributed by atoms with Crippen LogP contribution in [0.3, 0.4) is 0 Å². The zero-order chi connectivity index (χ0) is 30.1. The fourth-order valence-electron chi connectivity index (χ4n) is 5.21. The summed E-state index contributed by atoms with van der Waals surface area (Å²) >= 11 is 0.